The van der Waals surface area contributed by atoms with E-state index in [2.05, 4.69) is 6.92 Å². The normalized spacial score (nSPS) is 10.4. The zero-order chi connectivity index (χ0) is 18.2. The number of ether oxygens (including phenoxy) is 2. The lowest BCUT2D eigenvalue weighted by Crippen LogP contribution is -2.16. The van der Waals surface area contributed by atoms with Gasteiger partial charge in [0.15, 0.2) is 0 Å². The van der Waals surface area contributed by atoms with Gasteiger partial charge in [-0.25, -0.2) is 9.59 Å². The van der Waals surface area contributed by atoms with Gasteiger partial charge in [0.2, 0.25) is 0 Å². The van der Waals surface area contributed by atoms with Crippen LogP contribution in [0.15, 0.2) is 42.5 Å². The topological polar surface area (TPSA) is 52.6 Å². The van der Waals surface area contributed by atoms with Gasteiger partial charge in [0, 0.05) is 5.02 Å². The largest absolute Gasteiger partial charge is 0.462 e. The van der Waals surface area contributed by atoms with Crippen LogP contribution in [0.25, 0.3) is 0 Å². The number of carbonyl (C=O) groups is 2. The second kappa shape index (κ2) is 9.23. The lowest BCUT2D eigenvalue weighted by Gasteiger charge is -2.10. The molecule has 4 nitrogen and oxygen atoms in total. The highest BCUT2D eigenvalue weighted by atomic mass is 35.5. The molecule has 0 amide bonds. The molecular weight excluding hydrogens is 340 g/mol. The maximum absolute atomic E-state index is 12.4. The molecule has 2 aromatic rings. The van der Waals surface area contributed by atoms with Crippen molar-refractivity contribution in [1.82, 2.24) is 0 Å². The summed E-state index contributed by atoms with van der Waals surface area (Å²) in [6.45, 7) is 4.24. The summed E-state index contributed by atoms with van der Waals surface area (Å²) < 4.78 is 10.6. The standard InChI is InChI=1S/C20H21ClO4/c1-3-4-7-12-24-19(22)16-8-5-6-9-17(16)20(23)25-15-10-11-18(21)14(2)13-15/h5-6,8-11,13H,3-4,7,12H2,1-2H3. The van der Waals surface area contributed by atoms with Gasteiger partial charge in [-0.3, -0.25) is 0 Å². The molecular formula is C20H21ClO4. The Morgan fingerprint density at radius 1 is 1.00 bits per heavy atom. The Morgan fingerprint density at radius 3 is 2.32 bits per heavy atom. The fourth-order valence-corrected chi connectivity index (χ4v) is 2.39. The van der Waals surface area contributed by atoms with Gasteiger partial charge in [-0.05, 0) is 49.2 Å². The maximum atomic E-state index is 12.4. The molecule has 2 rings (SSSR count). The molecule has 0 aliphatic carbocycles. The lowest BCUT2D eigenvalue weighted by molar-refractivity contribution is 0.0490. The summed E-state index contributed by atoms with van der Waals surface area (Å²) in [5.74, 6) is -0.753. The second-order valence-electron chi connectivity index (χ2n) is 5.69. The third-order valence-corrected chi connectivity index (χ3v) is 4.11. The zero-order valence-electron chi connectivity index (χ0n) is 14.4. The highest BCUT2D eigenvalue weighted by Crippen LogP contribution is 2.22. The van der Waals surface area contributed by atoms with Crippen molar-refractivity contribution < 1.29 is 19.1 Å². The molecule has 0 aliphatic rings. The third-order valence-electron chi connectivity index (χ3n) is 3.69. The number of hydrogen-bond acceptors (Lipinski definition) is 4. The molecule has 0 radical (unpaired) electrons. The van der Waals surface area contributed by atoms with Crippen molar-refractivity contribution in [3.63, 3.8) is 0 Å². The number of esters is 2. The Bertz CT molecular complexity index is 755. The molecule has 132 valence electrons. The Morgan fingerprint density at radius 2 is 1.68 bits per heavy atom. The molecule has 0 unspecified atom stereocenters. The SMILES string of the molecule is CCCCCOC(=O)c1ccccc1C(=O)Oc1ccc(Cl)c(C)c1. The Kier molecular flexibility index (Phi) is 7.02. The minimum atomic E-state index is -0.608. The molecule has 0 saturated carbocycles. The number of carbonyl (C=O) groups excluding carboxylic acids is 2. The molecule has 0 saturated heterocycles. The summed E-state index contributed by atoms with van der Waals surface area (Å²) >= 11 is 5.97. The summed E-state index contributed by atoms with van der Waals surface area (Å²) in [4.78, 5) is 24.7. The minimum Gasteiger partial charge on any atom is -0.462 e. The average molecular weight is 361 g/mol. The highest BCUT2D eigenvalue weighted by molar-refractivity contribution is 6.31. The first-order valence-electron chi connectivity index (χ1n) is 8.27. The minimum absolute atomic E-state index is 0.176. The molecule has 2 aromatic carbocycles. The van der Waals surface area contributed by atoms with E-state index in [4.69, 9.17) is 21.1 Å². The van der Waals surface area contributed by atoms with Crippen molar-refractivity contribution in [3.8, 4) is 5.75 Å². The van der Waals surface area contributed by atoms with Crippen LogP contribution in [0.1, 0.15) is 52.5 Å². The molecule has 0 spiro atoms. The zero-order valence-corrected chi connectivity index (χ0v) is 15.1. The van der Waals surface area contributed by atoms with Gasteiger partial charge >= 0.3 is 11.9 Å². The van der Waals surface area contributed by atoms with Crippen molar-refractivity contribution in [2.75, 3.05) is 6.61 Å². The molecule has 0 N–H and O–H groups in total. The third kappa shape index (κ3) is 5.33. The summed E-state index contributed by atoms with van der Waals surface area (Å²) in [5, 5.41) is 0.593. The van der Waals surface area contributed by atoms with Crippen LogP contribution >= 0.6 is 11.6 Å². The van der Waals surface area contributed by atoms with Crippen LogP contribution in [-0.2, 0) is 4.74 Å². The number of hydrogen-bond donors (Lipinski definition) is 0. The number of aryl methyl sites for hydroxylation is 1. The fourth-order valence-electron chi connectivity index (χ4n) is 2.28. The van der Waals surface area contributed by atoms with Crippen molar-refractivity contribution in [1.29, 1.82) is 0 Å². The first-order chi connectivity index (χ1) is 12.0. The van der Waals surface area contributed by atoms with E-state index >= 15 is 0 Å². The predicted octanol–water partition coefficient (Wildman–Crippen LogP) is 5.21. The predicted molar refractivity (Wildman–Crippen MR) is 97.4 cm³/mol. The van der Waals surface area contributed by atoms with Gasteiger partial charge in [0.05, 0.1) is 17.7 Å². The second-order valence-corrected chi connectivity index (χ2v) is 6.10. The quantitative estimate of drug-likeness (QED) is 0.386. The van der Waals surface area contributed by atoms with Crippen LogP contribution in [0.4, 0.5) is 0 Å². The fraction of sp³-hybridized carbons (Fsp3) is 0.300. The van der Waals surface area contributed by atoms with Crippen molar-refractivity contribution in [3.05, 3.63) is 64.2 Å². The van der Waals surface area contributed by atoms with E-state index in [0.29, 0.717) is 17.4 Å². The van der Waals surface area contributed by atoms with Crippen molar-refractivity contribution in [2.45, 2.75) is 33.1 Å². The van der Waals surface area contributed by atoms with Gasteiger partial charge < -0.3 is 9.47 Å². The van der Waals surface area contributed by atoms with Gasteiger partial charge in [0.25, 0.3) is 0 Å². The maximum Gasteiger partial charge on any atom is 0.344 e. The summed E-state index contributed by atoms with van der Waals surface area (Å²) in [5.41, 5.74) is 1.18. The smallest absolute Gasteiger partial charge is 0.344 e. The van der Waals surface area contributed by atoms with Crippen molar-refractivity contribution in [2.24, 2.45) is 0 Å². The Balaban J connectivity index is 2.11. The van der Waals surface area contributed by atoms with E-state index in [9.17, 15) is 9.59 Å². The molecule has 5 heteroatoms. The molecule has 25 heavy (non-hydrogen) atoms. The van der Waals surface area contributed by atoms with Gasteiger partial charge in [-0.2, -0.15) is 0 Å². The molecule has 0 aromatic heterocycles. The molecule has 0 fully saturated rings. The van der Waals surface area contributed by atoms with Crippen LogP contribution in [0.3, 0.4) is 0 Å². The average Bonchev–Trinajstić information content (AvgIpc) is 2.61. The van der Waals surface area contributed by atoms with E-state index in [1.807, 2.05) is 6.92 Å². The number of benzene rings is 2. The van der Waals surface area contributed by atoms with Gasteiger partial charge in [0.1, 0.15) is 5.75 Å². The van der Waals surface area contributed by atoms with Crippen LogP contribution in [0.2, 0.25) is 5.02 Å². The van der Waals surface area contributed by atoms with Crippen LogP contribution < -0.4 is 4.74 Å². The van der Waals surface area contributed by atoms with Gasteiger partial charge in [-0.1, -0.05) is 43.5 Å². The number of rotatable bonds is 7. The first kappa shape index (κ1) is 19.0. The van der Waals surface area contributed by atoms with E-state index in [1.165, 1.54) is 0 Å². The number of unbranched alkanes of at least 4 members (excludes halogenated alkanes) is 2. The van der Waals surface area contributed by atoms with Gasteiger partial charge in [-0.15, -0.1) is 0 Å². The van der Waals surface area contributed by atoms with E-state index in [-0.39, 0.29) is 11.1 Å². The van der Waals surface area contributed by atoms with Crippen molar-refractivity contribution >= 4 is 23.5 Å². The molecule has 0 atom stereocenters. The van der Waals surface area contributed by atoms with E-state index in [0.717, 1.165) is 24.8 Å². The highest BCUT2D eigenvalue weighted by Gasteiger charge is 2.19. The van der Waals surface area contributed by atoms with Crippen LogP contribution in [0, 0.1) is 6.92 Å². The summed E-state index contributed by atoms with van der Waals surface area (Å²) in [7, 11) is 0. The molecule has 0 aliphatic heterocycles. The monoisotopic (exact) mass is 360 g/mol. The number of halogens is 1. The summed E-state index contributed by atoms with van der Waals surface area (Å²) in [6, 6.07) is 11.4. The van der Waals surface area contributed by atoms with Crippen LogP contribution in [0.5, 0.6) is 5.75 Å². The lowest BCUT2D eigenvalue weighted by atomic mass is 10.1. The summed E-state index contributed by atoms with van der Waals surface area (Å²) in [6.07, 6.45) is 2.84. The van der Waals surface area contributed by atoms with E-state index in [1.54, 1.807) is 42.5 Å². The Hall–Kier alpha value is -2.33. The van der Waals surface area contributed by atoms with E-state index < -0.39 is 11.9 Å². The molecule has 0 heterocycles. The molecule has 0 bridgehead atoms. The Labute approximate surface area is 152 Å². The first-order valence-corrected chi connectivity index (χ1v) is 8.65. The van der Waals surface area contributed by atoms with Crippen LogP contribution in [-0.4, -0.2) is 18.5 Å².